The van der Waals surface area contributed by atoms with Crippen LogP contribution in [0.1, 0.15) is 6.92 Å². The summed E-state index contributed by atoms with van der Waals surface area (Å²) in [4.78, 5) is 20.7. The number of nitrogens with two attached hydrogens (primary N) is 1. The molecule has 7 rings (SSSR count). The first-order valence-corrected chi connectivity index (χ1v) is 14.0. The van der Waals surface area contributed by atoms with Gasteiger partial charge < -0.3 is 26.0 Å². The number of halogens is 2. The van der Waals surface area contributed by atoms with Crippen LogP contribution in [0, 0.1) is 5.82 Å². The van der Waals surface area contributed by atoms with E-state index in [2.05, 4.69) is 25.0 Å². The molecule has 0 radical (unpaired) electrons. The van der Waals surface area contributed by atoms with E-state index in [-0.39, 0.29) is 16.1 Å². The van der Waals surface area contributed by atoms with Crippen LogP contribution in [0.3, 0.4) is 0 Å². The number of hydrogen-bond donors (Lipinski definition) is 3. The Morgan fingerprint density at radius 3 is 2.63 bits per heavy atom. The minimum Gasteiger partial charge on any atom is -0.388 e. The number of nitrogens with one attached hydrogen (secondary N) is 1. The van der Waals surface area contributed by atoms with Gasteiger partial charge in [0.1, 0.15) is 11.3 Å². The molecule has 9 nitrogen and oxygen atoms in total. The number of aliphatic hydroxyl groups is 1. The third kappa shape index (κ3) is 3.95. The van der Waals surface area contributed by atoms with E-state index >= 15 is 4.39 Å². The number of thiazole rings is 1. The normalized spacial score (nSPS) is 20.2. The predicted molar refractivity (Wildman–Crippen MR) is 151 cm³/mol. The lowest BCUT2D eigenvalue weighted by Gasteiger charge is -2.54. The summed E-state index contributed by atoms with van der Waals surface area (Å²) in [5, 5.41) is 14.8. The smallest absolute Gasteiger partial charge is 0.228 e. The zero-order valence-electron chi connectivity index (χ0n) is 20.9. The summed E-state index contributed by atoms with van der Waals surface area (Å²) in [7, 11) is 0. The van der Waals surface area contributed by atoms with E-state index in [1.165, 1.54) is 11.3 Å². The Balaban J connectivity index is 1.34. The third-order valence-corrected chi connectivity index (χ3v) is 8.87. The van der Waals surface area contributed by atoms with Crippen molar-refractivity contribution < 1.29 is 9.50 Å². The van der Waals surface area contributed by atoms with Crippen LogP contribution in [-0.2, 0) is 0 Å². The quantitative estimate of drug-likeness (QED) is 0.351. The van der Waals surface area contributed by atoms with E-state index < -0.39 is 11.4 Å². The second kappa shape index (κ2) is 8.85. The van der Waals surface area contributed by atoms with E-state index in [0.717, 1.165) is 44.0 Å². The highest BCUT2D eigenvalue weighted by Crippen LogP contribution is 2.42. The molecule has 5 heterocycles. The number of likely N-dealkylation sites (tertiary alicyclic amines) is 1. The second-order valence-corrected chi connectivity index (χ2v) is 12.2. The number of fused-ring (bicyclic) bond motifs is 2. The molecule has 38 heavy (non-hydrogen) atoms. The van der Waals surface area contributed by atoms with Gasteiger partial charge in [-0.25, -0.2) is 14.4 Å². The molecule has 0 amide bonds. The molecule has 3 aliphatic heterocycles. The minimum absolute atomic E-state index is 0.249. The Labute approximate surface area is 228 Å². The maximum atomic E-state index is 16.5. The highest BCUT2D eigenvalue weighted by Gasteiger charge is 2.45. The van der Waals surface area contributed by atoms with Crippen LogP contribution in [-0.4, -0.2) is 89.0 Å². The molecule has 2 aromatic heterocycles. The third-order valence-electron chi connectivity index (χ3n) is 7.72. The molecule has 0 bridgehead atoms. The van der Waals surface area contributed by atoms with Gasteiger partial charge in [-0.15, -0.1) is 0 Å². The number of nitrogen functional groups attached to an aromatic ring is 1. The maximum Gasteiger partial charge on any atom is 0.228 e. The standard InChI is InChI=1S/C26H28ClFN8OS/c1-26(37)12-36(13-26)14-10-35(11-14)25-32-22-16(23(33-25)34-7-5-30-6-8-34)9-17(27)19(20(22)28)15-3-2-4-18-21(15)31-24(29)38-18/h2-4,9,14,30,37H,5-8,10-13H2,1H3,(H2,29,31). The van der Waals surface area contributed by atoms with Gasteiger partial charge in [-0.1, -0.05) is 35.1 Å². The van der Waals surface area contributed by atoms with Gasteiger partial charge in [0.15, 0.2) is 10.9 Å². The number of aromatic nitrogens is 3. The summed E-state index contributed by atoms with van der Waals surface area (Å²) in [6, 6.07) is 7.71. The van der Waals surface area contributed by atoms with Crippen molar-refractivity contribution in [1.29, 1.82) is 0 Å². The van der Waals surface area contributed by atoms with Crippen LogP contribution in [0.4, 0.5) is 21.3 Å². The van der Waals surface area contributed by atoms with Gasteiger partial charge in [-0.3, -0.25) is 4.90 Å². The molecule has 2 aromatic carbocycles. The fraction of sp³-hybridized carbons (Fsp3) is 0.423. The number of anilines is 3. The van der Waals surface area contributed by atoms with Crippen LogP contribution < -0.4 is 20.9 Å². The zero-order valence-corrected chi connectivity index (χ0v) is 22.5. The van der Waals surface area contributed by atoms with E-state index in [1.54, 1.807) is 6.07 Å². The highest BCUT2D eigenvalue weighted by atomic mass is 35.5. The van der Waals surface area contributed by atoms with E-state index in [4.69, 9.17) is 27.3 Å². The molecule has 3 saturated heterocycles. The molecule has 0 aliphatic carbocycles. The van der Waals surface area contributed by atoms with Crippen LogP contribution in [0.5, 0.6) is 0 Å². The molecule has 3 fully saturated rings. The molecular weight excluding hydrogens is 527 g/mol. The number of para-hydroxylation sites is 1. The van der Waals surface area contributed by atoms with E-state index in [1.807, 2.05) is 25.1 Å². The van der Waals surface area contributed by atoms with Gasteiger partial charge >= 0.3 is 0 Å². The number of β-amino-alcohol motifs (C(OH)–C–C–N with tert-alkyl or cyclic N) is 1. The van der Waals surface area contributed by atoms with Crippen LogP contribution in [0.25, 0.3) is 32.2 Å². The van der Waals surface area contributed by atoms with E-state index in [9.17, 15) is 5.11 Å². The van der Waals surface area contributed by atoms with Crippen molar-refractivity contribution in [2.45, 2.75) is 18.6 Å². The fourth-order valence-corrected chi connectivity index (χ4v) is 6.83. The lowest BCUT2D eigenvalue weighted by Crippen LogP contribution is -2.70. The Kier molecular flexibility index (Phi) is 5.64. The lowest BCUT2D eigenvalue weighted by molar-refractivity contribution is -0.106. The summed E-state index contributed by atoms with van der Waals surface area (Å²) < 4.78 is 17.4. The van der Waals surface area contributed by atoms with Gasteiger partial charge in [-0.05, 0) is 19.1 Å². The summed E-state index contributed by atoms with van der Waals surface area (Å²) >= 11 is 8.14. The van der Waals surface area contributed by atoms with Crippen molar-refractivity contribution in [3.63, 3.8) is 0 Å². The second-order valence-electron chi connectivity index (χ2n) is 10.7. The first-order valence-electron chi connectivity index (χ1n) is 12.8. The lowest BCUT2D eigenvalue weighted by atomic mass is 9.92. The molecule has 0 spiro atoms. The average Bonchev–Trinajstić information content (AvgIpc) is 3.23. The Morgan fingerprint density at radius 2 is 1.89 bits per heavy atom. The SMILES string of the molecule is CC1(O)CN(C2CN(c3nc(N4CCNCC4)c4cc(Cl)c(-c5cccc6sc(N)nc56)c(F)c4n3)C2)C1. The van der Waals surface area contributed by atoms with Gasteiger partial charge in [0, 0.05) is 74.9 Å². The van der Waals surface area contributed by atoms with Crippen molar-refractivity contribution in [2.75, 3.05) is 67.9 Å². The molecule has 0 unspecified atom stereocenters. The molecule has 198 valence electrons. The molecule has 3 aliphatic rings. The summed E-state index contributed by atoms with van der Waals surface area (Å²) in [6.45, 7) is 7.83. The Morgan fingerprint density at radius 1 is 1.13 bits per heavy atom. The van der Waals surface area contributed by atoms with Gasteiger partial charge in [0.2, 0.25) is 5.95 Å². The number of piperazine rings is 1. The van der Waals surface area contributed by atoms with Crippen LogP contribution in [0.15, 0.2) is 24.3 Å². The Hall–Kier alpha value is -2.83. The molecule has 12 heteroatoms. The molecular formula is C26H28ClFN8OS. The van der Waals surface area contributed by atoms with Crippen LogP contribution >= 0.6 is 22.9 Å². The zero-order chi connectivity index (χ0) is 26.2. The molecule has 0 atom stereocenters. The van der Waals surface area contributed by atoms with Crippen molar-refractivity contribution in [3.8, 4) is 11.1 Å². The van der Waals surface area contributed by atoms with Crippen molar-refractivity contribution in [2.24, 2.45) is 0 Å². The number of rotatable bonds is 4. The van der Waals surface area contributed by atoms with Crippen LogP contribution in [0.2, 0.25) is 5.02 Å². The summed E-state index contributed by atoms with van der Waals surface area (Å²) in [5.74, 6) is 0.727. The first-order chi connectivity index (χ1) is 18.3. The Bertz CT molecular complexity index is 1560. The number of benzene rings is 2. The van der Waals surface area contributed by atoms with Crippen molar-refractivity contribution >= 4 is 61.0 Å². The van der Waals surface area contributed by atoms with Crippen molar-refractivity contribution in [3.05, 3.63) is 35.1 Å². The first kappa shape index (κ1) is 24.2. The summed E-state index contributed by atoms with van der Waals surface area (Å²) in [5.41, 5.74) is 7.10. The molecule has 0 saturated carbocycles. The van der Waals surface area contributed by atoms with Crippen molar-refractivity contribution in [1.82, 2.24) is 25.2 Å². The largest absolute Gasteiger partial charge is 0.388 e. The van der Waals surface area contributed by atoms with Gasteiger partial charge in [0.05, 0.1) is 20.8 Å². The minimum atomic E-state index is -0.612. The molecule has 4 aromatic rings. The monoisotopic (exact) mass is 554 g/mol. The van der Waals surface area contributed by atoms with Gasteiger partial charge in [0.25, 0.3) is 0 Å². The topological polar surface area (TPSA) is 107 Å². The predicted octanol–water partition coefficient (Wildman–Crippen LogP) is 2.95. The van der Waals surface area contributed by atoms with Gasteiger partial charge in [-0.2, -0.15) is 4.98 Å². The number of nitrogens with zero attached hydrogens (tertiary/aromatic N) is 6. The average molecular weight is 555 g/mol. The highest BCUT2D eigenvalue weighted by molar-refractivity contribution is 7.22. The maximum absolute atomic E-state index is 16.5. The molecule has 4 N–H and O–H groups in total. The summed E-state index contributed by atoms with van der Waals surface area (Å²) in [6.07, 6.45) is 0. The fourth-order valence-electron chi connectivity index (χ4n) is 5.78. The number of hydrogen-bond acceptors (Lipinski definition) is 10. The van der Waals surface area contributed by atoms with E-state index in [0.29, 0.717) is 52.5 Å².